The molecule has 8 nitrogen and oxygen atoms in total. The Morgan fingerprint density at radius 3 is 2.62 bits per heavy atom. The van der Waals surface area contributed by atoms with Crippen LogP contribution in [0.25, 0.3) is 6.08 Å². The van der Waals surface area contributed by atoms with Crippen LogP contribution in [0.3, 0.4) is 0 Å². The van der Waals surface area contributed by atoms with Gasteiger partial charge in [-0.1, -0.05) is 11.6 Å². The van der Waals surface area contributed by atoms with Gasteiger partial charge < -0.3 is 25.3 Å². The number of fused-ring (bicyclic) bond motifs is 1. The van der Waals surface area contributed by atoms with Crippen LogP contribution in [0.1, 0.15) is 22.8 Å². The highest BCUT2D eigenvalue weighted by Crippen LogP contribution is 2.40. The molecule has 0 fully saturated rings. The molecule has 0 unspecified atom stereocenters. The summed E-state index contributed by atoms with van der Waals surface area (Å²) >= 11 is 6.09. The Labute approximate surface area is 171 Å². The highest BCUT2D eigenvalue weighted by Gasteiger charge is 2.19. The van der Waals surface area contributed by atoms with Crippen LogP contribution < -0.4 is 20.5 Å². The molecule has 9 heteroatoms. The Balaban J connectivity index is 1.55. The first-order valence-electron chi connectivity index (χ1n) is 8.52. The lowest BCUT2D eigenvalue weighted by atomic mass is 10.2. The molecular weight excluding hydrogens is 400 g/mol. The second-order valence-electron chi connectivity index (χ2n) is 6.08. The van der Waals surface area contributed by atoms with Crippen LogP contribution in [0.4, 0.5) is 5.69 Å². The van der Waals surface area contributed by atoms with E-state index in [0.29, 0.717) is 33.3 Å². The average molecular weight is 417 g/mol. The minimum atomic E-state index is -1.04. The summed E-state index contributed by atoms with van der Waals surface area (Å²) < 4.78 is 15.6. The second kappa shape index (κ2) is 8.66. The molecule has 2 aromatic rings. The molecule has 0 aliphatic carbocycles. The molecule has 0 aromatic heterocycles. The molecule has 29 heavy (non-hydrogen) atoms. The van der Waals surface area contributed by atoms with Crippen molar-refractivity contribution in [3.8, 4) is 11.5 Å². The van der Waals surface area contributed by atoms with E-state index in [1.807, 2.05) is 0 Å². The van der Waals surface area contributed by atoms with Crippen LogP contribution in [0.2, 0.25) is 5.02 Å². The number of carbonyl (C=O) groups is 3. The first-order chi connectivity index (χ1) is 13.8. The summed E-state index contributed by atoms with van der Waals surface area (Å²) in [6.45, 7) is 1.53. The molecule has 0 saturated carbocycles. The minimum absolute atomic E-state index is 0.0855. The molecule has 0 radical (unpaired) electrons. The maximum Gasteiger partial charge on any atom is 0.331 e. The molecule has 150 valence electrons. The molecule has 3 rings (SSSR count). The van der Waals surface area contributed by atoms with Crippen LogP contribution in [0, 0.1) is 0 Å². The Morgan fingerprint density at radius 2 is 1.93 bits per heavy atom. The summed E-state index contributed by atoms with van der Waals surface area (Å²) in [5, 5.41) is 2.95. The average Bonchev–Trinajstić information content (AvgIpc) is 3.16. The Hall–Kier alpha value is -3.52. The van der Waals surface area contributed by atoms with Crippen LogP contribution in [-0.4, -0.2) is 30.7 Å². The zero-order valence-electron chi connectivity index (χ0n) is 15.3. The summed E-state index contributed by atoms with van der Waals surface area (Å²) in [7, 11) is 0. The number of nitrogens with two attached hydrogens (primary N) is 1. The predicted octanol–water partition coefficient (Wildman–Crippen LogP) is 2.75. The third-order valence-electron chi connectivity index (χ3n) is 3.96. The number of rotatable bonds is 6. The normalized spacial score (nSPS) is 13.2. The van der Waals surface area contributed by atoms with E-state index in [0.717, 1.165) is 0 Å². The molecule has 1 aliphatic rings. The molecule has 2 aromatic carbocycles. The number of ether oxygens (including phenoxy) is 3. The first kappa shape index (κ1) is 20.2. The molecule has 3 N–H and O–H groups in total. The number of anilines is 1. The quantitative estimate of drug-likeness (QED) is 0.552. The molecule has 1 aliphatic heterocycles. The number of primary amides is 1. The van der Waals surface area contributed by atoms with E-state index in [4.69, 9.17) is 31.5 Å². The van der Waals surface area contributed by atoms with Crippen molar-refractivity contribution in [2.24, 2.45) is 5.73 Å². The van der Waals surface area contributed by atoms with Crippen molar-refractivity contribution in [2.45, 2.75) is 13.0 Å². The van der Waals surface area contributed by atoms with Gasteiger partial charge in [0.15, 0.2) is 17.6 Å². The van der Waals surface area contributed by atoms with Gasteiger partial charge in [0.1, 0.15) is 0 Å². The van der Waals surface area contributed by atoms with Gasteiger partial charge in [-0.05, 0) is 55.0 Å². The molecule has 0 bridgehead atoms. The summed E-state index contributed by atoms with van der Waals surface area (Å²) in [5.41, 5.74) is 6.53. The van der Waals surface area contributed by atoms with Gasteiger partial charge in [-0.25, -0.2) is 4.79 Å². The number of halogens is 1. The third-order valence-corrected chi connectivity index (χ3v) is 4.24. The third kappa shape index (κ3) is 5.05. The fraction of sp³-hybridized carbons (Fsp3) is 0.150. The number of carbonyl (C=O) groups excluding carboxylic acids is 3. The lowest BCUT2D eigenvalue weighted by Gasteiger charge is -2.12. The minimum Gasteiger partial charge on any atom is -0.454 e. The zero-order valence-corrected chi connectivity index (χ0v) is 16.1. The van der Waals surface area contributed by atoms with Crippen LogP contribution >= 0.6 is 11.6 Å². The lowest BCUT2D eigenvalue weighted by Crippen LogP contribution is -2.29. The largest absolute Gasteiger partial charge is 0.454 e. The molecule has 0 saturated heterocycles. The predicted molar refractivity (Wildman–Crippen MR) is 106 cm³/mol. The van der Waals surface area contributed by atoms with Crippen LogP contribution in [0.15, 0.2) is 42.5 Å². The number of benzene rings is 2. The topological polar surface area (TPSA) is 117 Å². The highest BCUT2D eigenvalue weighted by atomic mass is 35.5. The monoisotopic (exact) mass is 416 g/mol. The van der Waals surface area contributed by atoms with Gasteiger partial charge >= 0.3 is 5.97 Å². The van der Waals surface area contributed by atoms with E-state index in [-0.39, 0.29) is 6.79 Å². The zero-order chi connectivity index (χ0) is 21.0. The molecule has 1 heterocycles. The van der Waals surface area contributed by atoms with E-state index in [1.165, 1.54) is 43.3 Å². The fourth-order valence-electron chi connectivity index (χ4n) is 2.48. The van der Waals surface area contributed by atoms with Crippen molar-refractivity contribution in [1.29, 1.82) is 0 Å². The van der Waals surface area contributed by atoms with E-state index in [9.17, 15) is 14.4 Å². The summed E-state index contributed by atoms with van der Waals surface area (Å²) in [6.07, 6.45) is 1.63. The second-order valence-corrected chi connectivity index (χ2v) is 6.49. The van der Waals surface area contributed by atoms with Crippen molar-refractivity contribution in [2.75, 3.05) is 12.1 Å². The molecule has 0 spiro atoms. The number of hydrogen-bond donors (Lipinski definition) is 2. The van der Waals surface area contributed by atoms with E-state index in [1.54, 1.807) is 12.1 Å². The Bertz CT molecular complexity index is 987. The van der Waals surface area contributed by atoms with E-state index in [2.05, 4.69) is 5.32 Å². The maximum atomic E-state index is 12.2. The molecular formula is C20H17ClN2O6. The SMILES string of the molecule is C[C@@H](OC(=O)/C=C/c1cc(Cl)c2c(c1)OCO2)C(=O)Nc1ccc(C(N)=O)cc1. The standard InChI is InChI=1S/C20H17ClN2O6/c1-11(20(26)23-14-5-3-13(4-6-14)19(22)25)29-17(24)7-2-12-8-15(21)18-16(9-12)27-10-28-18/h2-9,11H,10H2,1H3,(H2,22,25)(H,23,26)/b7-2+/t11-/m1/s1. The van der Waals surface area contributed by atoms with Gasteiger partial charge in [-0.2, -0.15) is 0 Å². The molecule has 2 amide bonds. The summed E-state index contributed by atoms with van der Waals surface area (Å²) in [6, 6.07) is 9.29. The fourth-order valence-corrected chi connectivity index (χ4v) is 2.75. The van der Waals surface area contributed by atoms with Crippen molar-refractivity contribution in [3.05, 3.63) is 58.6 Å². The van der Waals surface area contributed by atoms with Gasteiger partial charge in [0.05, 0.1) is 5.02 Å². The smallest absolute Gasteiger partial charge is 0.331 e. The van der Waals surface area contributed by atoms with E-state index < -0.39 is 23.9 Å². The van der Waals surface area contributed by atoms with Crippen molar-refractivity contribution >= 4 is 41.1 Å². The maximum absolute atomic E-state index is 12.2. The van der Waals surface area contributed by atoms with Crippen molar-refractivity contribution in [3.63, 3.8) is 0 Å². The summed E-state index contributed by atoms with van der Waals surface area (Å²) in [5.74, 6) is -0.850. The Kier molecular flexibility index (Phi) is 6.04. The number of amides is 2. The van der Waals surface area contributed by atoms with Gasteiger partial charge in [-0.3, -0.25) is 9.59 Å². The number of hydrogen-bond acceptors (Lipinski definition) is 6. The van der Waals surface area contributed by atoms with Crippen molar-refractivity contribution in [1.82, 2.24) is 0 Å². The van der Waals surface area contributed by atoms with Gasteiger partial charge in [0.2, 0.25) is 12.7 Å². The van der Waals surface area contributed by atoms with Crippen LogP contribution in [0.5, 0.6) is 11.5 Å². The van der Waals surface area contributed by atoms with Crippen LogP contribution in [-0.2, 0) is 14.3 Å². The number of nitrogens with one attached hydrogen (secondary N) is 1. The van der Waals surface area contributed by atoms with E-state index >= 15 is 0 Å². The van der Waals surface area contributed by atoms with Gasteiger partial charge in [0, 0.05) is 17.3 Å². The van der Waals surface area contributed by atoms with Crippen molar-refractivity contribution < 1.29 is 28.6 Å². The summed E-state index contributed by atoms with van der Waals surface area (Å²) in [4.78, 5) is 35.2. The number of esters is 1. The van der Waals surface area contributed by atoms with Gasteiger partial charge in [0.25, 0.3) is 5.91 Å². The highest BCUT2D eigenvalue weighted by molar-refractivity contribution is 6.32. The first-order valence-corrected chi connectivity index (χ1v) is 8.90. The molecule has 1 atom stereocenters. The lowest BCUT2D eigenvalue weighted by molar-refractivity contribution is -0.148. The van der Waals surface area contributed by atoms with Gasteiger partial charge in [-0.15, -0.1) is 0 Å². The Morgan fingerprint density at radius 1 is 1.21 bits per heavy atom.